The van der Waals surface area contributed by atoms with E-state index < -0.39 is 0 Å². The second kappa shape index (κ2) is 9.90. The summed E-state index contributed by atoms with van der Waals surface area (Å²) < 4.78 is 10.8. The topological polar surface area (TPSA) is 42.0 Å². The van der Waals surface area contributed by atoms with Crippen LogP contribution in [0.1, 0.15) is 42.4 Å². The van der Waals surface area contributed by atoms with E-state index in [9.17, 15) is 4.79 Å². The van der Waals surface area contributed by atoms with Crippen molar-refractivity contribution in [2.45, 2.75) is 38.6 Å². The zero-order valence-corrected chi connectivity index (χ0v) is 18.6. The second-order valence-corrected chi connectivity index (χ2v) is 8.31. The molecule has 2 aromatic carbocycles. The minimum absolute atomic E-state index is 0.0389. The Morgan fingerprint density at radius 1 is 0.871 bits per heavy atom. The van der Waals surface area contributed by atoms with Crippen LogP contribution in [0.15, 0.2) is 42.5 Å². The summed E-state index contributed by atoms with van der Waals surface area (Å²) in [4.78, 5) is 17.1. The summed E-state index contributed by atoms with van der Waals surface area (Å²) in [5, 5.41) is 0. The molecule has 0 saturated carbocycles. The highest BCUT2D eigenvalue weighted by molar-refractivity contribution is 5.92. The first-order chi connectivity index (χ1) is 15.2. The smallest absolute Gasteiger partial charge is 0.246 e. The van der Waals surface area contributed by atoms with E-state index in [1.54, 1.807) is 20.3 Å². The van der Waals surface area contributed by atoms with E-state index in [-0.39, 0.29) is 5.91 Å². The van der Waals surface area contributed by atoms with E-state index in [0.29, 0.717) is 18.8 Å². The van der Waals surface area contributed by atoms with Crippen molar-refractivity contribution in [2.75, 3.05) is 38.8 Å². The Bertz CT molecular complexity index is 928. The summed E-state index contributed by atoms with van der Waals surface area (Å²) in [5.41, 5.74) is 4.67. The van der Waals surface area contributed by atoms with Crippen molar-refractivity contribution in [3.63, 3.8) is 0 Å². The van der Waals surface area contributed by atoms with E-state index in [4.69, 9.17) is 9.47 Å². The molecule has 0 bridgehead atoms. The van der Waals surface area contributed by atoms with Gasteiger partial charge in [-0.15, -0.1) is 0 Å². The summed E-state index contributed by atoms with van der Waals surface area (Å²) in [5.74, 6) is 1.48. The fourth-order valence-corrected chi connectivity index (χ4v) is 4.47. The second-order valence-electron chi connectivity index (χ2n) is 8.31. The number of methoxy groups -OCH3 is 2. The number of fused-ring (bicyclic) bond motifs is 1. The van der Waals surface area contributed by atoms with E-state index in [1.165, 1.54) is 36.9 Å². The number of carbonyl (C=O) groups excluding carboxylic acids is 1. The van der Waals surface area contributed by atoms with Gasteiger partial charge in [-0.2, -0.15) is 0 Å². The average molecular weight is 421 g/mol. The maximum absolute atomic E-state index is 12.8. The average Bonchev–Trinajstić information content (AvgIpc) is 3.11. The van der Waals surface area contributed by atoms with Crippen molar-refractivity contribution < 1.29 is 14.3 Å². The minimum atomic E-state index is 0.0389. The van der Waals surface area contributed by atoms with Gasteiger partial charge in [0.25, 0.3) is 0 Å². The van der Waals surface area contributed by atoms with Crippen LogP contribution < -0.4 is 14.4 Å². The number of amides is 1. The van der Waals surface area contributed by atoms with Gasteiger partial charge in [0.1, 0.15) is 0 Å². The monoisotopic (exact) mass is 420 g/mol. The van der Waals surface area contributed by atoms with Crippen LogP contribution in [0.4, 0.5) is 5.69 Å². The Labute approximate surface area is 185 Å². The van der Waals surface area contributed by atoms with Crippen molar-refractivity contribution in [3.05, 3.63) is 59.2 Å². The highest BCUT2D eigenvalue weighted by atomic mass is 16.5. The number of anilines is 1. The van der Waals surface area contributed by atoms with Gasteiger partial charge in [-0.05, 0) is 66.3 Å². The molecular weight excluding hydrogens is 388 g/mol. The first kappa shape index (κ1) is 21.3. The summed E-state index contributed by atoms with van der Waals surface area (Å²) in [6.45, 7) is 3.58. The quantitative estimate of drug-likeness (QED) is 0.659. The molecule has 5 heteroatoms. The summed E-state index contributed by atoms with van der Waals surface area (Å²) in [6, 6.07) is 12.6. The third kappa shape index (κ3) is 5.04. The predicted molar refractivity (Wildman–Crippen MR) is 125 cm³/mol. The number of nitrogens with zero attached hydrogens (tertiary/aromatic N) is 2. The summed E-state index contributed by atoms with van der Waals surface area (Å²) in [7, 11) is 3.28. The molecule has 0 aromatic heterocycles. The van der Waals surface area contributed by atoms with Gasteiger partial charge in [0.15, 0.2) is 11.5 Å². The van der Waals surface area contributed by atoms with Crippen molar-refractivity contribution in [3.8, 4) is 11.5 Å². The lowest BCUT2D eigenvalue weighted by atomic mass is 9.98. The fourth-order valence-electron chi connectivity index (χ4n) is 4.47. The van der Waals surface area contributed by atoms with Crippen LogP contribution in [0.25, 0.3) is 6.08 Å². The zero-order chi connectivity index (χ0) is 21.6. The van der Waals surface area contributed by atoms with Gasteiger partial charge in [0, 0.05) is 37.9 Å². The maximum atomic E-state index is 12.8. The van der Waals surface area contributed by atoms with Crippen LogP contribution in [0, 0.1) is 0 Å². The molecule has 1 amide bonds. The molecule has 164 valence electrons. The molecule has 0 spiro atoms. The minimum Gasteiger partial charge on any atom is -0.493 e. The normalized spacial score (nSPS) is 16.7. The summed E-state index contributed by atoms with van der Waals surface area (Å²) >= 11 is 0. The van der Waals surface area contributed by atoms with Crippen molar-refractivity contribution in [1.29, 1.82) is 0 Å². The van der Waals surface area contributed by atoms with Crippen LogP contribution in [0.2, 0.25) is 0 Å². The summed E-state index contributed by atoms with van der Waals surface area (Å²) in [6.07, 6.45) is 9.63. The molecule has 0 aliphatic carbocycles. The highest BCUT2D eigenvalue weighted by Crippen LogP contribution is 2.33. The van der Waals surface area contributed by atoms with Gasteiger partial charge in [0.2, 0.25) is 5.91 Å². The Morgan fingerprint density at radius 2 is 1.52 bits per heavy atom. The molecule has 2 heterocycles. The van der Waals surface area contributed by atoms with Crippen molar-refractivity contribution >= 4 is 17.7 Å². The lowest BCUT2D eigenvalue weighted by Crippen LogP contribution is -2.34. The van der Waals surface area contributed by atoms with E-state index >= 15 is 0 Å². The van der Waals surface area contributed by atoms with Crippen LogP contribution >= 0.6 is 0 Å². The first-order valence-electron chi connectivity index (χ1n) is 11.2. The molecule has 0 radical (unpaired) electrons. The molecule has 5 nitrogen and oxygen atoms in total. The molecule has 2 aromatic rings. The van der Waals surface area contributed by atoms with Gasteiger partial charge >= 0.3 is 0 Å². The molecule has 0 atom stereocenters. The van der Waals surface area contributed by atoms with Crippen LogP contribution in [0.3, 0.4) is 0 Å². The number of benzene rings is 2. The number of carbonyl (C=O) groups is 1. The highest BCUT2D eigenvalue weighted by Gasteiger charge is 2.21. The molecule has 31 heavy (non-hydrogen) atoms. The van der Waals surface area contributed by atoms with Gasteiger partial charge in [-0.25, -0.2) is 0 Å². The van der Waals surface area contributed by atoms with Crippen molar-refractivity contribution in [2.24, 2.45) is 0 Å². The number of ether oxygens (including phenoxy) is 2. The Balaban J connectivity index is 1.39. The molecule has 1 fully saturated rings. The first-order valence-corrected chi connectivity index (χ1v) is 11.2. The SMILES string of the molecule is COc1cc2c(cc1OC)CN(C(=O)/C=C/c1ccc(N3CCCCCC3)cc1)CC2. The largest absolute Gasteiger partial charge is 0.493 e. The molecule has 4 rings (SSSR count). The van der Waals surface area contributed by atoms with E-state index in [1.807, 2.05) is 23.1 Å². The van der Waals surface area contributed by atoms with Gasteiger partial charge in [-0.3, -0.25) is 4.79 Å². The van der Waals surface area contributed by atoms with Gasteiger partial charge in [0.05, 0.1) is 14.2 Å². The van der Waals surface area contributed by atoms with Gasteiger partial charge in [-0.1, -0.05) is 25.0 Å². The standard InChI is InChI=1S/C26H32N2O3/c1-30-24-17-21-13-16-28(19-22(21)18-25(24)31-2)26(29)12-9-20-7-10-23(11-8-20)27-14-5-3-4-6-15-27/h7-12,17-18H,3-6,13-16,19H2,1-2H3/b12-9+. The maximum Gasteiger partial charge on any atom is 0.246 e. The Hall–Kier alpha value is -2.95. The van der Waals surface area contributed by atoms with Crippen LogP contribution in [-0.2, 0) is 17.8 Å². The molecule has 2 aliphatic heterocycles. The van der Waals surface area contributed by atoms with E-state index in [2.05, 4.69) is 29.2 Å². The molecule has 2 aliphatic rings. The lowest BCUT2D eigenvalue weighted by Gasteiger charge is -2.28. The lowest BCUT2D eigenvalue weighted by molar-refractivity contribution is -0.126. The number of hydrogen-bond donors (Lipinski definition) is 0. The number of rotatable bonds is 5. The fraction of sp³-hybridized carbons (Fsp3) is 0.423. The van der Waals surface area contributed by atoms with E-state index in [0.717, 1.165) is 36.4 Å². The Morgan fingerprint density at radius 3 is 2.16 bits per heavy atom. The third-order valence-corrected chi connectivity index (χ3v) is 6.31. The third-order valence-electron chi connectivity index (χ3n) is 6.31. The molecule has 0 N–H and O–H groups in total. The predicted octanol–water partition coefficient (Wildman–Crippen LogP) is 4.68. The zero-order valence-electron chi connectivity index (χ0n) is 18.6. The van der Waals surface area contributed by atoms with Gasteiger partial charge < -0.3 is 19.3 Å². The molecule has 1 saturated heterocycles. The van der Waals surface area contributed by atoms with Crippen LogP contribution in [-0.4, -0.2) is 44.7 Å². The number of hydrogen-bond acceptors (Lipinski definition) is 4. The molecule has 0 unspecified atom stereocenters. The Kier molecular flexibility index (Phi) is 6.80. The van der Waals surface area contributed by atoms with Crippen LogP contribution in [0.5, 0.6) is 11.5 Å². The van der Waals surface area contributed by atoms with Crippen molar-refractivity contribution in [1.82, 2.24) is 4.90 Å². The molecular formula is C26H32N2O3.